The molecule has 1 N–H and O–H groups in total. The van der Waals surface area contributed by atoms with Crippen molar-refractivity contribution in [3.8, 4) is 0 Å². The van der Waals surface area contributed by atoms with Gasteiger partial charge in [-0.15, -0.1) is 0 Å². The third-order valence-electron chi connectivity index (χ3n) is 5.54. The number of ether oxygens (including phenoxy) is 1. The van der Waals surface area contributed by atoms with E-state index in [4.69, 9.17) is 4.74 Å². The number of nitrogens with one attached hydrogen (secondary N) is 1. The molecule has 2 bridgehead atoms. The molecule has 4 rings (SSSR count). The number of carboxylic acids is 1. The summed E-state index contributed by atoms with van der Waals surface area (Å²) >= 11 is 0. The lowest BCUT2D eigenvalue weighted by molar-refractivity contribution is -0.917. The van der Waals surface area contributed by atoms with E-state index in [9.17, 15) is 14.7 Å². The number of aliphatic carboxylic acids is 1. The molecule has 4 unspecified atom stereocenters. The fourth-order valence-electron chi connectivity index (χ4n) is 4.20. The molecule has 3 aliphatic rings. The Bertz CT molecular complexity index is 682. The van der Waals surface area contributed by atoms with Crippen molar-refractivity contribution in [2.45, 2.75) is 18.8 Å². The number of carboxylic acid groups (broad SMARTS) is 1. The van der Waals surface area contributed by atoms with Gasteiger partial charge < -0.3 is 24.4 Å². The number of carbonyl (C=O) groups excluding carboxylic acids is 2. The van der Waals surface area contributed by atoms with E-state index in [1.54, 1.807) is 11.0 Å². The molecule has 2 fully saturated rings. The zero-order chi connectivity index (χ0) is 17.4. The van der Waals surface area contributed by atoms with Gasteiger partial charge in [0.05, 0.1) is 44.3 Å². The Morgan fingerprint density at radius 3 is 2.36 bits per heavy atom. The van der Waals surface area contributed by atoms with Crippen LogP contribution < -0.4 is 10.0 Å². The van der Waals surface area contributed by atoms with Crippen molar-refractivity contribution in [3.63, 3.8) is 0 Å². The number of fused-ring (bicyclic) bond motifs is 2. The van der Waals surface area contributed by atoms with Gasteiger partial charge in [0.25, 0.3) is 0 Å². The highest BCUT2D eigenvalue weighted by Gasteiger charge is 2.51. The van der Waals surface area contributed by atoms with Crippen LogP contribution in [0.25, 0.3) is 0 Å². The summed E-state index contributed by atoms with van der Waals surface area (Å²) in [6.07, 6.45) is 2.60. The number of benzene rings is 1. The zero-order valence-corrected chi connectivity index (χ0v) is 14.0. The van der Waals surface area contributed by atoms with E-state index in [2.05, 4.69) is 12.1 Å². The van der Waals surface area contributed by atoms with Gasteiger partial charge in [0, 0.05) is 17.5 Å². The van der Waals surface area contributed by atoms with E-state index in [-0.39, 0.29) is 5.91 Å². The Morgan fingerprint density at radius 2 is 1.72 bits per heavy atom. The summed E-state index contributed by atoms with van der Waals surface area (Å²) in [6, 6.07) is 10.3. The fourth-order valence-corrected chi connectivity index (χ4v) is 4.20. The first-order valence-electron chi connectivity index (χ1n) is 8.84. The number of nitrogens with zero attached hydrogens (tertiary/aromatic N) is 1. The second kappa shape index (κ2) is 6.61. The molecule has 3 heterocycles. The van der Waals surface area contributed by atoms with Crippen molar-refractivity contribution in [2.75, 3.05) is 26.2 Å². The third kappa shape index (κ3) is 3.07. The average Bonchev–Trinajstić information content (AvgIpc) is 3.24. The molecule has 0 aromatic heterocycles. The van der Waals surface area contributed by atoms with Gasteiger partial charge in [0.2, 0.25) is 5.91 Å². The van der Waals surface area contributed by atoms with Crippen LogP contribution >= 0.6 is 0 Å². The van der Waals surface area contributed by atoms with Gasteiger partial charge in [-0.3, -0.25) is 4.79 Å². The van der Waals surface area contributed by atoms with Crippen LogP contribution in [-0.2, 0) is 20.9 Å². The summed E-state index contributed by atoms with van der Waals surface area (Å²) in [5, 5.41) is 11.4. The van der Waals surface area contributed by atoms with Crippen LogP contribution in [0.5, 0.6) is 0 Å². The molecule has 6 nitrogen and oxygen atoms in total. The number of quaternary nitrogens is 1. The van der Waals surface area contributed by atoms with E-state index in [0.29, 0.717) is 13.1 Å². The molecule has 4 atom stereocenters. The first-order valence-corrected chi connectivity index (χ1v) is 8.84. The summed E-state index contributed by atoms with van der Waals surface area (Å²) in [5.74, 6) is -2.80. The highest BCUT2D eigenvalue weighted by molar-refractivity contribution is 5.86. The molecule has 0 aliphatic carbocycles. The molecule has 6 heteroatoms. The largest absolute Gasteiger partial charge is 0.550 e. The lowest BCUT2D eigenvalue weighted by Crippen LogP contribution is -3.13. The van der Waals surface area contributed by atoms with Gasteiger partial charge in [-0.1, -0.05) is 42.5 Å². The molecular formula is C19H22N2O4. The maximum absolute atomic E-state index is 12.9. The quantitative estimate of drug-likeness (QED) is 0.658. The van der Waals surface area contributed by atoms with Crippen LogP contribution in [0.1, 0.15) is 5.56 Å². The van der Waals surface area contributed by atoms with E-state index >= 15 is 0 Å². The Kier molecular flexibility index (Phi) is 4.31. The Balaban J connectivity index is 1.37. The van der Waals surface area contributed by atoms with Gasteiger partial charge in [-0.25, -0.2) is 0 Å². The summed E-state index contributed by atoms with van der Waals surface area (Å²) in [5.41, 5.74) is 1.29. The highest BCUT2D eigenvalue weighted by atomic mass is 16.5. The SMILES string of the molecule is O=C([O-])C1C2C=CC(O2)C1C(=O)N1CC[NH+](Cc2ccccc2)CC1. The van der Waals surface area contributed by atoms with Crippen molar-refractivity contribution in [2.24, 2.45) is 11.8 Å². The lowest BCUT2D eigenvalue weighted by atomic mass is 9.82. The number of amides is 1. The van der Waals surface area contributed by atoms with Gasteiger partial charge in [-0.05, 0) is 0 Å². The second-order valence-electron chi connectivity index (χ2n) is 7.06. The minimum atomic E-state index is -1.19. The van der Waals surface area contributed by atoms with Gasteiger partial charge in [0.1, 0.15) is 6.54 Å². The lowest BCUT2D eigenvalue weighted by Gasteiger charge is -2.36. The maximum atomic E-state index is 12.9. The second-order valence-corrected chi connectivity index (χ2v) is 7.06. The van der Waals surface area contributed by atoms with Crippen molar-refractivity contribution in [3.05, 3.63) is 48.0 Å². The van der Waals surface area contributed by atoms with Crippen LogP contribution in [0, 0.1) is 11.8 Å². The van der Waals surface area contributed by atoms with E-state index in [1.807, 2.05) is 24.3 Å². The molecule has 0 radical (unpaired) electrons. The van der Waals surface area contributed by atoms with Crippen LogP contribution in [0.3, 0.4) is 0 Å². The van der Waals surface area contributed by atoms with Crippen LogP contribution in [0.2, 0.25) is 0 Å². The predicted molar refractivity (Wildman–Crippen MR) is 87.2 cm³/mol. The normalized spacial score (nSPS) is 31.4. The average molecular weight is 342 g/mol. The molecule has 0 saturated carbocycles. The minimum absolute atomic E-state index is 0.107. The first kappa shape index (κ1) is 16.3. The molecule has 2 saturated heterocycles. The summed E-state index contributed by atoms with van der Waals surface area (Å²) < 4.78 is 5.59. The number of rotatable bonds is 4. The number of piperazine rings is 1. The molecule has 1 aromatic carbocycles. The molecule has 25 heavy (non-hydrogen) atoms. The molecule has 3 aliphatic heterocycles. The van der Waals surface area contributed by atoms with E-state index < -0.39 is 30.0 Å². The Morgan fingerprint density at radius 1 is 1.08 bits per heavy atom. The van der Waals surface area contributed by atoms with Crippen LogP contribution in [-0.4, -0.2) is 55.2 Å². The van der Waals surface area contributed by atoms with Gasteiger partial charge in [0.15, 0.2) is 0 Å². The number of hydrogen-bond donors (Lipinski definition) is 1. The van der Waals surface area contributed by atoms with Crippen LogP contribution in [0.4, 0.5) is 0 Å². The monoisotopic (exact) mass is 342 g/mol. The molecular weight excluding hydrogens is 320 g/mol. The standard InChI is InChI=1S/C19H22N2O4/c22-18(16-14-6-7-15(25-14)17(16)19(23)24)21-10-8-20(9-11-21)12-13-4-2-1-3-5-13/h1-7,14-17H,8-12H2,(H,23,24). The first-order chi connectivity index (χ1) is 12.1. The maximum Gasteiger partial charge on any atom is 0.229 e. The summed E-state index contributed by atoms with van der Waals surface area (Å²) in [4.78, 5) is 27.6. The molecule has 1 aromatic rings. The van der Waals surface area contributed by atoms with Crippen LogP contribution in [0.15, 0.2) is 42.5 Å². The summed E-state index contributed by atoms with van der Waals surface area (Å²) in [7, 11) is 0. The highest BCUT2D eigenvalue weighted by Crippen LogP contribution is 2.39. The minimum Gasteiger partial charge on any atom is -0.550 e. The Hall–Kier alpha value is -2.18. The Labute approximate surface area is 146 Å². The van der Waals surface area contributed by atoms with Gasteiger partial charge in [-0.2, -0.15) is 0 Å². The predicted octanol–water partition coefficient (Wildman–Crippen LogP) is -1.77. The van der Waals surface area contributed by atoms with Crippen molar-refractivity contribution >= 4 is 11.9 Å². The van der Waals surface area contributed by atoms with E-state index in [1.165, 1.54) is 10.5 Å². The third-order valence-corrected chi connectivity index (χ3v) is 5.54. The van der Waals surface area contributed by atoms with Gasteiger partial charge >= 0.3 is 0 Å². The fraction of sp³-hybridized carbons (Fsp3) is 0.474. The number of hydrogen-bond acceptors (Lipinski definition) is 4. The van der Waals surface area contributed by atoms with Crippen molar-refractivity contribution in [1.29, 1.82) is 0 Å². The summed E-state index contributed by atoms with van der Waals surface area (Å²) in [6.45, 7) is 3.99. The zero-order valence-electron chi connectivity index (χ0n) is 14.0. The van der Waals surface area contributed by atoms with Crippen molar-refractivity contribution in [1.82, 2.24) is 4.90 Å². The smallest absolute Gasteiger partial charge is 0.229 e. The molecule has 0 spiro atoms. The molecule has 132 valence electrons. The van der Waals surface area contributed by atoms with E-state index in [0.717, 1.165) is 19.6 Å². The number of carbonyl (C=O) groups is 2. The topological polar surface area (TPSA) is 74.1 Å². The van der Waals surface area contributed by atoms with Crippen molar-refractivity contribution < 1.29 is 24.3 Å². The molecule has 1 amide bonds.